The number of amidine groups is 1. The van der Waals surface area contributed by atoms with Gasteiger partial charge in [-0.3, -0.25) is 9.59 Å². The number of amides is 2. The number of furan rings is 1. The molecular weight excluding hydrogens is 464 g/mol. The molecule has 0 saturated carbocycles. The van der Waals surface area contributed by atoms with Crippen molar-refractivity contribution in [3.8, 4) is 5.75 Å². The zero-order valence-corrected chi connectivity index (χ0v) is 19.9. The highest BCUT2D eigenvalue weighted by molar-refractivity contribution is 8.15. The summed E-state index contributed by atoms with van der Waals surface area (Å²) in [5.74, 6) is 0.979. The molecule has 1 aromatic heterocycles. The maximum Gasteiger partial charge on any atom is 0.262 e. The van der Waals surface area contributed by atoms with Crippen molar-refractivity contribution < 1.29 is 18.7 Å². The van der Waals surface area contributed by atoms with Crippen LogP contribution in [0.25, 0.3) is 0 Å². The number of aliphatic imine (C=N–C) groups is 1. The van der Waals surface area contributed by atoms with E-state index in [0.717, 1.165) is 28.3 Å². The summed E-state index contributed by atoms with van der Waals surface area (Å²) in [5.41, 5.74) is 2.81. The smallest absolute Gasteiger partial charge is 0.262 e. The minimum Gasteiger partial charge on any atom is -0.497 e. The maximum absolute atomic E-state index is 12.7. The van der Waals surface area contributed by atoms with E-state index in [4.69, 9.17) is 14.3 Å². The third-order valence-corrected chi connectivity index (χ3v) is 6.98. The molecule has 3 aromatic rings. The van der Waals surface area contributed by atoms with Crippen LogP contribution in [0.15, 0.2) is 87.5 Å². The van der Waals surface area contributed by atoms with Crippen molar-refractivity contribution in [2.45, 2.75) is 30.7 Å². The van der Waals surface area contributed by atoms with Crippen molar-refractivity contribution in [1.82, 2.24) is 10.3 Å². The number of hydrogen-bond acceptors (Lipinski definition) is 7. The number of benzene rings is 2. The lowest BCUT2D eigenvalue weighted by atomic mass is 10.0. The first-order valence-corrected chi connectivity index (χ1v) is 12.1. The van der Waals surface area contributed by atoms with Gasteiger partial charge in [0.05, 0.1) is 19.1 Å². The molecule has 0 radical (unpaired) electrons. The van der Waals surface area contributed by atoms with Gasteiger partial charge in [-0.05, 0) is 47.5 Å². The Morgan fingerprint density at radius 2 is 1.94 bits per heavy atom. The number of carbonyl (C=O) groups is 2. The van der Waals surface area contributed by atoms with Crippen LogP contribution in [0.4, 0.5) is 0 Å². The zero-order valence-electron chi connectivity index (χ0n) is 19.1. The Labute approximate surface area is 207 Å². The van der Waals surface area contributed by atoms with E-state index < -0.39 is 5.25 Å². The average Bonchev–Trinajstić information content (AvgIpc) is 3.64. The predicted molar refractivity (Wildman–Crippen MR) is 134 cm³/mol. The van der Waals surface area contributed by atoms with Crippen molar-refractivity contribution in [2.24, 2.45) is 10.1 Å². The molecule has 5 rings (SSSR count). The monoisotopic (exact) mass is 488 g/mol. The van der Waals surface area contributed by atoms with E-state index in [2.05, 4.69) is 10.3 Å². The molecule has 0 saturated heterocycles. The van der Waals surface area contributed by atoms with Crippen LogP contribution in [0, 0.1) is 0 Å². The lowest BCUT2D eigenvalue weighted by Crippen LogP contribution is -2.28. The molecule has 3 heterocycles. The number of nitrogens with zero attached hydrogens (tertiary/aromatic N) is 3. The topological polar surface area (TPSA) is 96.5 Å². The molecule has 2 aromatic carbocycles. The van der Waals surface area contributed by atoms with Crippen molar-refractivity contribution >= 4 is 34.5 Å². The summed E-state index contributed by atoms with van der Waals surface area (Å²) in [7, 11) is 1.63. The molecule has 0 spiro atoms. The first-order valence-electron chi connectivity index (χ1n) is 11.2. The van der Waals surface area contributed by atoms with Crippen molar-refractivity contribution in [3.05, 3.63) is 89.9 Å². The van der Waals surface area contributed by atoms with Crippen LogP contribution in [0.1, 0.15) is 35.8 Å². The number of nitrogens with one attached hydrogen (secondary N) is 1. The number of rotatable bonds is 7. The molecule has 2 aliphatic heterocycles. The van der Waals surface area contributed by atoms with E-state index in [0.29, 0.717) is 18.1 Å². The fourth-order valence-electron chi connectivity index (χ4n) is 3.99. The quantitative estimate of drug-likeness (QED) is 0.537. The summed E-state index contributed by atoms with van der Waals surface area (Å²) in [6, 6.07) is 20.8. The van der Waals surface area contributed by atoms with E-state index in [1.165, 1.54) is 11.8 Å². The minimum atomic E-state index is -0.585. The summed E-state index contributed by atoms with van der Waals surface area (Å²) < 4.78 is 10.9. The number of hydrogen-bond donors (Lipinski definition) is 1. The summed E-state index contributed by atoms with van der Waals surface area (Å²) in [6.07, 6.45) is 2.26. The van der Waals surface area contributed by atoms with Gasteiger partial charge in [-0.15, -0.1) is 0 Å². The molecule has 0 bridgehead atoms. The van der Waals surface area contributed by atoms with Crippen LogP contribution in [-0.4, -0.2) is 40.1 Å². The van der Waals surface area contributed by atoms with Gasteiger partial charge >= 0.3 is 0 Å². The molecule has 0 unspecified atom stereocenters. The zero-order chi connectivity index (χ0) is 24.2. The summed E-state index contributed by atoms with van der Waals surface area (Å²) >= 11 is 1.27. The lowest BCUT2D eigenvalue weighted by Gasteiger charge is -2.20. The number of methoxy groups -OCH3 is 1. The third-order valence-electron chi connectivity index (χ3n) is 5.83. The standard InChI is InChI=1S/C26H24N4O4S/c1-33-19-11-9-18(10-12-19)20-14-21(22-8-5-13-34-22)30(29-20)26-28-25(32)23(35-26)15-24(31)27-16-17-6-3-2-4-7-17/h2-13,21,23H,14-16H2,1H3,(H,27,31)/t21-,23-/m1/s1. The number of hydrazone groups is 1. The Kier molecular flexibility index (Phi) is 6.67. The van der Waals surface area contributed by atoms with Crippen LogP contribution < -0.4 is 10.1 Å². The highest BCUT2D eigenvalue weighted by atomic mass is 32.2. The molecule has 2 atom stereocenters. The van der Waals surface area contributed by atoms with E-state index >= 15 is 0 Å². The fourth-order valence-corrected chi connectivity index (χ4v) is 5.05. The normalized spacial score (nSPS) is 19.5. The average molecular weight is 489 g/mol. The SMILES string of the molecule is COc1ccc(C2=NN(C3=NC(=O)[C@@H](CC(=O)NCc4ccccc4)S3)[C@@H](c3ccco3)C2)cc1. The largest absolute Gasteiger partial charge is 0.497 e. The highest BCUT2D eigenvalue weighted by Gasteiger charge is 2.40. The fraction of sp³-hybridized carbons (Fsp3) is 0.231. The van der Waals surface area contributed by atoms with Crippen LogP contribution in [-0.2, 0) is 16.1 Å². The Morgan fingerprint density at radius 1 is 1.14 bits per heavy atom. The van der Waals surface area contributed by atoms with Crippen LogP contribution >= 0.6 is 11.8 Å². The first-order chi connectivity index (χ1) is 17.1. The number of thioether (sulfide) groups is 1. The molecule has 2 amide bonds. The van der Waals surface area contributed by atoms with Crippen LogP contribution in [0.3, 0.4) is 0 Å². The molecule has 9 heteroatoms. The van der Waals surface area contributed by atoms with Crippen LogP contribution in [0.2, 0.25) is 0 Å². The maximum atomic E-state index is 12.7. The highest BCUT2D eigenvalue weighted by Crippen LogP contribution is 2.38. The van der Waals surface area contributed by atoms with Gasteiger partial charge in [-0.25, -0.2) is 5.01 Å². The number of carbonyl (C=O) groups excluding carboxylic acids is 2. The van der Waals surface area contributed by atoms with Gasteiger partial charge in [0.1, 0.15) is 22.8 Å². The Bertz CT molecular complexity index is 1260. The van der Waals surface area contributed by atoms with Gasteiger partial charge in [0.25, 0.3) is 5.91 Å². The molecule has 35 heavy (non-hydrogen) atoms. The van der Waals surface area contributed by atoms with E-state index in [1.807, 2.05) is 66.7 Å². The second-order valence-electron chi connectivity index (χ2n) is 8.16. The third kappa shape index (κ3) is 5.14. The first kappa shape index (κ1) is 22.9. The molecule has 2 aliphatic rings. The van der Waals surface area contributed by atoms with Gasteiger partial charge in [-0.2, -0.15) is 10.1 Å². The Balaban J connectivity index is 1.29. The van der Waals surface area contributed by atoms with Gasteiger partial charge in [-0.1, -0.05) is 42.1 Å². The van der Waals surface area contributed by atoms with Gasteiger partial charge in [0.15, 0.2) is 5.17 Å². The summed E-state index contributed by atoms with van der Waals surface area (Å²) in [6.45, 7) is 0.418. The molecule has 1 N–H and O–H groups in total. The molecule has 178 valence electrons. The Hall–Kier alpha value is -3.85. The van der Waals surface area contributed by atoms with Gasteiger partial charge in [0, 0.05) is 19.4 Å². The minimum absolute atomic E-state index is 0.0532. The summed E-state index contributed by atoms with van der Waals surface area (Å²) in [4.78, 5) is 29.4. The van der Waals surface area contributed by atoms with Crippen molar-refractivity contribution in [3.63, 3.8) is 0 Å². The second-order valence-corrected chi connectivity index (χ2v) is 9.33. The molecule has 0 fully saturated rings. The molecule has 8 nitrogen and oxygen atoms in total. The van der Waals surface area contributed by atoms with E-state index in [9.17, 15) is 9.59 Å². The van der Waals surface area contributed by atoms with Crippen molar-refractivity contribution in [1.29, 1.82) is 0 Å². The van der Waals surface area contributed by atoms with Gasteiger partial charge in [0.2, 0.25) is 5.91 Å². The number of ether oxygens (including phenoxy) is 1. The molecular formula is C26H24N4O4S. The lowest BCUT2D eigenvalue weighted by molar-refractivity contribution is -0.124. The molecule has 0 aliphatic carbocycles. The van der Waals surface area contributed by atoms with E-state index in [1.54, 1.807) is 18.4 Å². The Morgan fingerprint density at radius 3 is 2.66 bits per heavy atom. The summed E-state index contributed by atoms with van der Waals surface area (Å²) in [5, 5.41) is 9.31. The van der Waals surface area contributed by atoms with Gasteiger partial charge < -0.3 is 14.5 Å². The predicted octanol–water partition coefficient (Wildman–Crippen LogP) is 4.14. The van der Waals surface area contributed by atoms with Crippen molar-refractivity contribution in [2.75, 3.05) is 7.11 Å². The van der Waals surface area contributed by atoms with Crippen LogP contribution in [0.5, 0.6) is 5.75 Å². The van der Waals surface area contributed by atoms with E-state index in [-0.39, 0.29) is 24.3 Å². The second kappa shape index (κ2) is 10.2.